The molecule has 1 aliphatic rings. The molecule has 0 bridgehead atoms. The molecule has 0 spiro atoms. The summed E-state index contributed by atoms with van der Waals surface area (Å²) in [6.07, 6.45) is -0.121. The number of amides is 2. The number of non-ortho nitro benzene ring substituents is 1. The van der Waals surface area contributed by atoms with Gasteiger partial charge in [0.2, 0.25) is 17.8 Å². The van der Waals surface area contributed by atoms with E-state index in [0.29, 0.717) is 5.82 Å². The van der Waals surface area contributed by atoms with Crippen LogP contribution in [0.3, 0.4) is 0 Å². The van der Waals surface area contributed by atoms with Gasteiger partial charge in [0.1, 0.15) is 6.04 Å². The number of hydrogen-bond acceptors (Lipinski definition) is 6. The fourth-order valence-electron chi connectivity index (χ4n) is 3.02. The zero-order valence-electron chi connectivity index (χ0n) is 15.3. The number of aryl methyl sites for hydroxylation is 1. The molecule has 0 radical (unpaired) electrons. The Bertz CT molecular complexity index is 1120. The van der Waals surface area contributed by atoms with Crippen LogP contribution in [0.1, 0.15) is 18.0 Å². The standard InChI is InChI=1S/C19H16N6O4/c1-11-5-7-12(8-6-11)17-22-19-21-16(26)10-15(24(19)23-17)18(27)20-13-3-2-4-14(9-13)25(28)29/h2-9,15H,10H2,1H3,(H,20,27)(H,21,22,23,26)/t15-/m0/s1. The highest BCUT2D eigenvalue weighted by molar-refractivity contribution is 6.01. The lowest BCUT2D eigenvalue weighted by Crippen LogP contribution is -2.36. The Balaban J connectivity index is 1.63. The number of hydrogen-bond donors (Lipinski definition) is 2. The van der Waals surface area contributed by atoms with Crippen molar-refractivity contribution in [2.75, 3.05) is 10.6 Å². The third-order valence-corrected chi connectivity index (χ3v) is 4.49. The van der Waals surface area contributed by atoms with Crippen molar-refractivity contribution in [1.82, 2.24) is 14.8 Å². The van der Waals surface area contributed by atoms with Gasteiger partial charge in [0.15, 0.2) is 5.82 Å². The van der Waals surface area contributed by atoms with Crippen molar-refractivity contribution in [3.63, 3.8) is 0 Å². The van der Waals surface area contributed by atoms with Gasteiger partial charge in [0, 0.05) is 23.4 Å². The normalized spacial score (nSPS) is 15.3. The van der Waals surface area contributed by atoms with Crippen LogP contribution < -0.4 is 10.6 Å². The number of fused-ring (bicyclic) bond motifs is 1. The Labute approximate surface area is 164 Å². The zero-order chi connectivity index (χ0) is 20.5. The van der Waals surface area contributed by atoms with Gasteiger partial charge >= 0.3 is 0 Å². The van der Waals surface area contributed by atoms with E-state index in [4.69, 9.17) is 0 Å². The minimum absolute atomic E-state index is 0.121. The second-order valence-corrected chi connectivity index (χ2v) is 6.63. The summed E-state index contributed by atoms with van der Waals surface area (Å²) in [4.78, 5) is 39.6. The van der Waals surface area contributed by atoms with E-state index in [2.05, 4.69) is 20.7 Å². The summed E-state index contributed by atoms with van der Waals surface area (Å²) < 4.78 is 1.36. The number of anilines is 2. The highest BCUT2D eigenvalue weighted by atomic mass is 16.6. The van der Waals surface area contributed by atoms with Crippen LogP contribution in [0, 0.1) is 17.0 Å². The molecule has 146 valence electrons. The van der Waals surface area contributed by atoms with Gasteiger partial charge in [-0.3, -0.25) is 25.0 Å². The molecule has 4 rings (SSSR count). The average molecular weight is 392 g/mol. The smallest absolute Gasteiger partial charge is 0.271 e. The molecule has 2 aromatic carbocycles. The summed E-state index contributed by atoms with van der Waals surface area (Å²) in [6, 6.07) is 12.2. The van der Waals surface area contributed by atoms with Gasteiger partial charge in [-0.05, 0) is 13.0 Å². The second kappa shape index (κ2) is 7.15. The average Bonchev–Trinajstić information content (AvgIpc) is 3.11. The Kier molecular flexibility index (Phi) is 4.51. The topological polar surface area (TPSA) is 132 Å². The predicted octanol–water partition coefficient (Wildman–Crippen LogP) is 2.68. The first kappa shape index (κ1) is 18.3. The van der Waals surface area contributed by atoms with Crippen LogP contribution in [0.5, 0.6) is 0 Å². The first-order valence-corrected chi connectivity index (χ1v) is 8.79. The Morgan fingerprint density at radius 3 is 2.76 bits per heavy atom. The molecule has 3 aromatic rings. The van der Waals surface area contributed by atoms with Gasteiger partial charge in [-0.15, -0.1) is 5.10 Å². The lowest BCUT2D eigenvalue weighted by atomic mass is 10.1. The summed E-state index contributed by atoms with van der Waals surface area (Å²) in [5.74, 6) is -0.312. The van der Waals surface area contributed by atoms with E-state index >= 15 is 0 Å². The minimum Gasteiger partial charge on any atom is -0.324 e. The van der Waals surface area contributed by atoms with Crippen LogP contribution in [0.25, 0.3) is 11.4 Å². The van der Waals surface area contributed by atoms with Crippen LogP contribution >= 0.6 is 0 Å². The number of rotatable bonds is 4. The van der Waals surface area contributed by atoms with Crippen molar-refractivity contribution in [3.05, 3.63) is 64.2 Å². The third-order valence-electron chi connectivity index (χ3n) is 4.49. The Morgan fingerprint density at radius 1 is 1.28 bits per heavy atom. The van der Waals surface area contributed by atoms with E-state index in [-0.39, 0.29) is 29.7 Å². The van der Waals surface area contributed by atoms with Gasteiger partial charge < -0.3 is 5.32 Å². The molecule has 1 aromatic heterocycles. The molecule has 1 aliphatic heterocycles. The number of carbonyl (C=O) groups excluding carboxylic acids is 2. The highest BCUT2D eigenvalue weighted by Crippen LogP contribution is 2.28. The van der Waals surface area contributed by atoms with Crippen LogP contribution in [0.4, 0.5) is 17.3 Å². The maximum Gasteiger partial charge on any atom is 0.271 e. The largest absolute Gasteiger partial charge is 0.324 e. The first-order valence-electron chi connectivity index (χ1n) is 8.79. The molecule has 0 aliphatic carbocycles. The molecule has 0 saturated carbocycles. The van der Waals surface area contributed by atoms with Gasteiger partial charge in [-0.25, -0.2) is 4.68 Å². The molecular weight excluding hydrogens is 376 g/mol. The van der Waals surface area contributed by atoms with Crippen molar-refractivity contribution in [2.24, 2.45) is 0 Å². The van der Waals surface area contributed by atoms with Gasteiger partial charge in [0.25, 0.3) is 5.69 Å². The summed E-state index contributed by atoms with van der Waals surface area (Å²) in [7, 11) is 0. The number of nitrogens with zero attached hydrogens (tertiary/aromatic N) is 4. The molecule has 0 saturated heterocycles. The fraction of sp³-hybridized carbons (Fsp3) is 0.158. The number of carbonyl (C=O) groups is 2. The Hall–Kier alpha value is -4.08. The van der Waals surface area contributed by atoms with Crippen molar-refractivity contribution in [3.8, 4) is 11.4 Å². The maximum absolute atomic E-state index is 12.8. The number of nitro benzene ring substituents is 1. The van der Waals surface area contributed by atoms with E-state index in [0.717, 1.165) is 11.1 Å². The molecule has 2 amide bonds. The molecule has 1 atom stereocenters. The molecular formula is C19H16N6O4. The van der Waals surface area contributed by atoms with Crippen LogP contribution in [-0.4, -0.2) is 31.5 Å². The molecule has 0 unspecified atom stereocenters. The third kappa shape index (κ3) is 3.68. The molecule has 2 heterocycles. The van der Waals surface area contributed by atoms with Gasteiger partial charge in [-0.2, -0.15) is 4.98 Å². The number of nitro groups is 1. The van der Waals surface area contributed by atoms with E-state index in [9.17, 15) is 19.7 Å². The molecule has 10 nitrogen and oxygen atoms in total. The monoisotopic (exact) mass is 392 g/mol. The number of nitrogens with one attached hydrogen (secondary N) is 2. The highest BCUT2D eigenvalue weighted by Gasteiger charge is 2.33. The van der Waals surface area contributed by atoms with Crippen LogP contribution in [0.2, 0.25) is 0 Å². The number of benzene rings is 2. The van der Waals surface area contributed by atoms with E-state index in [1.54, 1.807) is 0 Å². The zero-order valence-corrected chi connectivity index (χ0v) is 15.3. The van der Waals surface area contributed by atoms with Crippen molar-refractivity contribution in [1.29, 1.82) is 0 Å². The van der Waals surface area contributed by atoms with Gasteiger partial charge in [0.05, 0.1) is 11.3 Å². The summed E-state index contributed by atoms with van der Waals surface area (Å²) in [5.41, 5.74) is 1.95. The van der Waals surface area contributed by atoms with E-state index < -0.39 is 16.9 Å². The van der Waals surface area contributed by atoms with Crippen molar-refractivity contribution >= 4 is 29.1 Å². The first-order chi connectivity index (χ1) is 13.9. The van der Waals surface area contributed by atoms with Crippen molar-refractivity contribution < 1.29 is 14.5 Å². The quantitative estimate of drug-likeness (QED) is 0.518. The fourth-order valence-corrected chi connectivity index (χ4v) is 3.02. The van der Waals surface area contributed by atoms with Crippen molar-refractivity contribution in [2.45, 2.75) is 19.4 Å². The van der Waals surface area contributed by atoms with E-state index in [1.807, 2.05) is 31.2 Å². The predicted molar refractivity (Wildman–Crippen MR) is 104 cm³/mol. The van der Waals surface area contributed by atoms with E-state index in [1.165, 1.54) is 28.9 Å². The lowest BCUT2D eigenvalue weighted by molar-refractivity contribution is -0.384. The number of aromatic nitrogens is 3. The van der Waals surface area contributed by atoms with Crippen LogP contribution in [-0.2, 0) is 9.59 Å². The molecule has 29 heavy (non-hydrogen) atoms. The summed E-state index contributed by atoms with van der Waals surface area (Å²) in [5, 5.41) is 20.5. The molecule has 10 heteroatoms. The lowest BCUT2D eigenvalue weighted by Gasteiger charge is -2.22. The second-order valence-electron chi connectivity index (χ2n) is 6.63. The van der Waals surface area contributed by atoms with Gasteiger partial charge in [-0.1, -0.05) is 35.9 Å². The molecule has 0 fully saturated rings. The van der Waals surface area contributed by atoms with Crippen LogP contribution in [0.15, 0.2) is 48.5 Å². The SMILES string of the molecule is Cc1ccc(-c2nc3n(n2)[C@H](C(=O)Nc2cccc([N+](=O)[O-])c2)CC(=O)N3)cc1. The minimum atomic E-state index is -0.926. The summed E-state index contributed by atoms with van der Waals surface area (Å²) >= 11 is 0. The summed E-state index contributed by atoms with van der Waals surface area (Å²) in [6.45, 7) is 1.96. The Morgan fingerprint density at radius 2 is 2.03 bits per heavy atom. The maximum atomic E-state index is 12.8. The molecule has 2 N–H and O–H groups in total.